The summed E-state index contributed by atoms with van der Waals surface area (Å²) in [5.74, 6) is -1.65. The number of nitrogens with zero attached hydrogens (tertiary/aromatic N) is 2. The minimum Gasteiger partial charge on any atom is -0.488 e. The van der Waals surface area contributed by atoms with E-state index in [-0.39, 0.29) is 24.7 Å². The molecule has 0 bridgehead atoms. The molecule has 0 saturated carbocycles. The molecule has 1 aliphatic heterocycles. The molecule has 3 rings (SSSR count). The van der Waals surface area contributed by atoms with Gasteiger partial charge in [-0.05, 0) is 31.8 Å². The van der Waals surface area contributed by atoms with Gasteiger partial charge in [0.2, 0.25) is 0 Å². The van der Waals surface area contributed by atoms with Gasteiger partial charge in [-0.2, -0.15) is 0 Å². The molecule has 1 aliphatic rings. The zero-order valence-electron chi connectivity index (χ0n) is 15.7. The van der Waals surface area contributed by atoms with Gasteiger partial charge in [-0.3, -0.25) is 4.99 Å². The molecular formula is C20H24F2N2O3. The number of fused-ring (bicyclic) bond motifs is 1. The van der Waals surface area contributed by atoms with Gasteiger partial charge >= 0.3 is 0 Å². The second-order valence-electron chi connectivity index (χ2n) is 5.46. The molecule has 146 valence electrons. The number of halogens is 2. The molecule has 0 saturated heterocycles. The number of hydrogen-bond acceptors (Lipinski definition) is 5. The number of aliphatic hydroxyl groups is 1. The van der Waals surface area contributed by atoms with Gasteiger partial charge in [0.15, 0.2) is 11.6 Å². The molecule has 27 heavy (non-hydrogen) atoms. The Morgan fingerprint density at radius 2 is 2.04 bits per heavy atom. The summed E-state index contributed by atoms with van der Waals surface area (Å²) in [7, 11) is 0. The maximum Gasteiger partial charge on any atom is 0.184 e. The van der Waals surface area contributed by atoms with E-state index in [0.717, 1.165) is 6.07 Å². The number of rotatable bonds is 6. The van der Waals surface area contributed by atoms with Gasteiger partial charge in [0.25, 0.3) is 0 Å². The summed E-state index contributed by atoms with van der Waals surface area (Å²) >= 11 is 0. The van der Waals surface area contributed by atoms with Gasteiger partial charge < -0.3 is 19.5 Å². The summed E-state index contributed by atoms with van der Waals surface area (Å²) in [6, 6.07) is 7.47. The van der Waals surface area contributed by atoms with Crippen molar-refractivity contribution in [2.75, 3.05) is 24.8 Å². The van der Waals surface area contributed by atoms with Crippen molar-refractivity contribution in [3.05, 3.63) is 47.5 Å². The number of hydrogen-bond donors (Lipinski definition) is 1. The molecule has 0 spiro atoms. The van der Waals surface area contributed by atoms with Crippen LogP contribution in [0.5, 0.6) is 5.75 Å². The fourth-order valence-corrected chi connectivity index (χ4v) is 2.78. The maximum absolute atomic E-state index is 14.6. The van der Waals surface area contributed by atoms with Crippen LogP contribution in [0.3, 0.4) is 0 Å². The maximum atomic E-state index is 14.6. The van der Waals surface area contributed by atoms with Crippen molar-refractivity contribution in [3.8, 4) is 5.75 Å². The molecule has 0 aromatic heterocycles. The standard InChI is InChI=1S/C18H18F2N2O3.C2H6/c1-3-24-10-22(17-13(21-2)8-7-12(19)16(17)20)14-6-4-5-11-15(23)9-25-18(11)14;1-2/h4-8,15,23H,2-3,9-10H2,1H3;1-2H3. The Labute approximate surface area is 157 Å². The number of para-hydroxylation sites is 1. The summed E-state index contributed by atoms with van der Waals surface area (Å²) in [6.07, 6.45) is -0.766. The highest BCUT2D eigenvalue weighted by Gasteiger charge is 2.29. The summed E-state index contributed by atoms with van der Waals surface area (Å²) in [4.78, 5) is 5.22. The predicted molar refractivity (Wildman–Crippen MR) is 102 cm³/mol. The van der Waals surface area contributed by atoms with Crippen LogP contribution >= 0.6 is 0 Å². The lowest BCUT2D eigenvalue weighted by atomic mass is 10.1. The zero-order valence-corrected chi connectivity index (χ0v) is 15.7. The zero-order chi connectivity index (χ0) is 20.0. The Balaban J connectivity index is 0.00000126. The molecule has 1 N–H and O–H groups in total. The van der Waals surface area contributed by atoms with E-state index >= 15 is 0 Å². The van der Waals surface area contributed by atoms with E-state index in [1.807, 2.05) is 13.8 Å². The number of anilines is 2. The van der Waals surface area contributed by atoms with Crippen LogP contribution < -0.4 is 9.64 Å². The molecule has 7 heteroatoms. The number of benzene rings is 2. The lowest BCUT2D eigenvalue weighted by Gasteiger charge is -2.27. The highest BCUT2D eigenvalue weighted by Crippen LogP contribution is 2.45. The highest BCUT2D eigenvalue weighted by atomic mass is 19.2. The average Bonchev–Trinajstić information content (AvgIpc) is 3.08. The fourth-order valence-electron chi connectivity index (χ4n) is 2.78. The van der Waals surface area contributed by atoms with Gasteiger partial charge in [0.05, 0.1) is 11.4 Å². The van der Waals surface area contributed by atoms with Crippen LogP contribution in [0, 0.1) is 11.6 Å². The molecule has 1 heterocycles. The summed E-state index contributed by atoms with van der Waals surface area (Å²) in [5.41, 5.74) is 1.12. The topological polar surface area (TPSA) is 54.3 Å². The van der Waals surface area contributed by atoms with Crippen LogP contribution in [0.4, 0.5) is 25.8 Å². The Kier molecular flexibility index (Phi) is 7.27. The van der Waals surface area contributed by atoms with E-state index in [4.69, 9.17) is 9.47 Å². The third-order valence-electron chi connectivity index (χ3n) is 3.97. The van der Waals surface area contributed by atoms with Crippen LogP contribution in [0.2, 0.25) is 0 Å². The largest absolute Gasteiger partial charge is 0.488 e. The van der Waals surface area contributed by atoms with E-state index in [2.05, 4.69) is 11.7 Å². The van der Waals surface area contributed by atoms with E-state index < -0.39 is 17.7 Å². The molecule has 0 radical (unpaired) electrons. The van der Waals surface area contributed by atoms with Crippen molar-refractivity contribution in [3.63, 3.8) is 0 Å². The molecule has 0 fully saturated rings. The first-order valence-corrected chi connectivity index (χ1v) is 8.82. The molecule has 1 unspecified atom stereocenters. The van der Waals surface area contributed by atoms with Crippen molar-refractivity contribution in [2.24, 2.45) is 4.99 Å². The normalized spacial score (nSPS) is 14.7. The minimum atomic E-state index is -1.05. The average molecular weight is 378 g/mol. The quantitative estimate of drug-likeness (QED) is 0.575. The molecule has 1 atom stereocenters. The Morgan fingerprint density at radius 1 is 1.30 bits per heavy atom. The second-order valence-corrected chi connectivity index (χ2v) is 5.46. The smallest absolute Gasteiger partial charge is 0.184 e. The van der Waals surface area contributed by atoms with E-state index in [9.17, 15) is 13.9 Å². The summed E-state index contributed by atoms with van der Waals surface area (Å²) in [6.45, 7) is 9.66. The molecule has 0 aliphatic carbocycles. The first kappa shape index (κ1) is 20.8. The number of ether oxygens (including phenoxy) is 2. The van der Waals surface area contributed by atoms with Crippen LogP contribution in [0.1, 0.15) is 32.4 Å². The second kappa shape index (κ2) is 9.43. The van der Waals surface area contributed by atoms with Crippen LogP contribution in [-0.2, 0) is 4.74 Å². The van der Waals surface area contributed by atoms with Crippen LogP contribution in [0.15, 0.2) is 35.3 Å². The first-order chi connectivity index (χ1) is 13.1. The van der Waals surface area contributed by atoms with E-state index in [1.54, 1.807) is 25.1 Å². The van der Waals surface area contributed by atoms with Crippen molar-refractivity contribution in [1.82, 2.24) is 0 Å². The lowest BCUT2D eigenvalue weighted by molar-refractivity contribution is 0.140. The monoisotopic (exact) mass is 378 g/mol. The predicted octanol–water partition coefficient (Wildman–Crippen LogP) is 4.88. The van der Waals surface area contributed by atoms with Crippen LogP contribution in [-0.4, -0.2) is 31.8 Å². The molecule has 2 aromatic carbocycles. The lowest BCUT2D eigenvalue weighted by Crippen LogP contribution is -2.23. The Hall–Kier alpha value is -2.51. The SMILES string of the molecule is C=Nc1ccc(F)c(F)c1N(COCC)c1cccc2c1OCC2O.CC. The minimum absolute atomic E-state index is 0.0463. The molecule has 0 amide bonds. The third kappa shape index (κ3) is 4.09. The molecular weight excluding hydrogens is 354 g/mol. The van der Waals surface area contributed by atoms with Gasteiger partial charge in [-0.1, -0.05) is 26.0 Å². The number of aliphatic hydroxyl groups excluding tert-OH is 1. The highest BCUT2D eigenvalue weighted by molar-refractivity contribution is 5.79. The van der Waals surface area contributed by atoms with Gasteiger partial charge in [0.1, 0.15) is 30.9 Å². The number of aliphatic imine (C=N–C) groups is 1. The van der Waals surface area contributed by atoms with Gasteiger partial charge in [-0.15, -0.1) is 0 Å². The molecule has 5 nitrogen and oxygen atoms in total. The van der Waals surface area contributed by atoms with Crippen molar-refractivity contribution >= 4 is 23.8 Å². The van der Waals surface area contributed by atoms with Crippen molar-refractivity contribution in [2.45, 2.75) is 26.9 Å². The first-order valence-electron chi connectivity index (χ1n) is 8.82. The van der Waals surface area contributed by atoms with Gasteiger partial charge in [-0.25, -0.2) is 8.78 Å². The van der Waals surface area contributed by atoms with E-state index in [0.29, 0.717) is 23.6 Å². The molecule has 2 aromatic rings. The fraction of sp³-hybridized carbons (Fsp3) is 0.350. The van der Waals surface area contributed by atoms with Crippen molar-refractivity contribution in [1.29, 1.82) is 0 Å². The third-order valence-corrected chi connectivity index (χ3v) is 3.97. The summed E-state index contributed by atoms with van der Waals surface area (Å²) in [5, 5.41) is 10.00. The van der Waals surface area contributed by atoms with Gasteiger partial charge in [0, 0.05) is 12.2 Å². The van der Waals surface area contributed by atoms with Crippen molar-refractivity contribution < 1.29 is 23.4 Å². The van der Waals surface area contributed by atoms with Crippen LogP contribution in [0.25, 0.3) is 0 Å². The Morgan fingerprint density at radius 3 is 2.70 bits per heavy atom. The summed E-state index contributed by atoms with van der Waals surface area (Å²) < 4.78 is 39.4. The van der Waals surface area contributed by atoms with E-state index in [1.165, 1.54) is 11.0 Å². The Bertz CT molecular complexity index is 799.